The Morgan fingerprint density at radius 3 is 2.55 bits per heavy atom. The molecule has 1 atom stereocenters. The van der Waals surface area contributed by atoms with Crippen LogP contribution in [0, 0.1) is 5.82 Å². The molecule has 1 unspecified atom stereocenters. The van der Waals surface area contributed by atoms with E-state index < -0.39 is 0 Å². The molecule has 2 aromatic heterocycles. The summed E-state index contributed by atoms with van der Waals surface area (Å²) >= 11 is 3.06. The van der Waals surface area contributed by atoms with E-state index in [1.54, 1.807) is 23.5 Å². The number of amides is 1. The third kappa shape index (κ3) is 5.37. The van der Waals surface area contributed by atoms with Gasteiger partial charge in [-0.15, -0.1) is 22.7 Å². The van der Waals surface area contributed by atoms with Crippen LogP contribution in [0.15, 0.2) is 71.4 Å². The number of thiazole rings is 1. The number of hydrogen-bond donors (Lipinski definition) is 1. The van der Waals surface area contributed by atoms with Crippen LogP contribution in [0.4, 0.5) is 4.39 Å². The Morgan fingerprint density at radius 1 is 1.10 bits per heavy atom. The van der Waals surface area contributed by atoms with Crippen LogP contribution in [0.5, 0.6) is 5.75 Å². The molecule has 158 valence electrons. The van der Waals surface area contributed by atoms with Crippen LogP contribution in [-0.4, -0.2) is 17.5 Å². The number of carbonyl (C=O) groups is 1. The molecule has 1 amide bonds. The summed E-state index contributed by atoms with van der Waals surface area (Å²) in [7, 11) is 0. The lowest BCUT2D eigenvalue weighted by molar-refractivity contribution is -0.120. The molecule has 7 heteroatoms. The molecule has 0 saturated heterocycles. The molecule has 4 rings (SSSR count). The number of ether oxygens (including phenoxy) is 1. The number of carbonyl (C=O) groups excluding carboxylic acids is 1. The third-order valence-electron chi connectivity index (χ3n) is 4.64. The summed E-state index contributed by atoms with van der Waals surface area (Å²) in [6.07, 6.45) is 0.177. The Morgan fingerprint density at radius 2 is 1.87 bits per heavy atom. The highest BCUT2D eigenvalue weighted by molar-refractivity contribution is 7.13. The van der Waals surface area contributed by atoms with Crippen LogP contribution in [-0.2, 0) is 11.2 Å². The minimum Gasteiger partial charge on any atom is -0.494 e. The van der Waals surface area contributed by atoms with Crippen molar-refractivity contribution >= 4 is 28.6 Å². The maximum atomic E-state index is 13.3. The molecule has 0 saturated carbocycles. The Hall–Kier alpha value is -3.03. The van der Waals surface area contributed by atoms with Crippen molar-refractivity contribution in [2.45, 2.75) is 19.4 Å². The lowest BCUT2D eigenvalue weighted by atomic mass is 10.0. The largest absolute Gasteiger partial charge is 0.494 e. The predicted octanol–water partition coefficient (Wildman–Crippen LogP) is 5.86. The SMILES string of the molecule is CCOc1ccc(-c2nc(CC(=O)NC(c3ccc(F)cc3)c3cccs3)cs2)cc1. The van der Waals surface area contributed by atoms with Gasteiger partial charge in [0.1, 0.15) is 16.6 Å². The average molecular weight is 453 g/mol. The van der Waals surface area contributed by atoms with E-state index in [0.29, 0.717) is 6.61 Å². The van der Waals surface area contributed by atoms with Gasteiger partial charge >= 0.3 is 0 Å². The Labute approximate surface area is 188 Å². The summed E-state index contributed by atoms with van der Waals surface area (Å²) < 4.78 is 18.8. The molecule has 31 heavy (non-hydrogen) atoms. The van der Waals surface area contributed by atoms with Gasteiger partial charge in [0.05, 0.1) is 24.8 Å². The summed E-state index contributed by atoms with van der Waals surface area (Å²) in [6, 6.07) is 17.6. The summed E-state index contributed by atoms with van der Waals surface area (Å²) in [5.74, 6) is 0.387. The smallest absolute Gasteiger partial charge is 0.226 e. The van der Waals surface area contributed by atoms with Crippen LogP contribution in [0.2, 0.25) is 0 Å². The van der Waals surface area contributed by atoms with E-state index in [0.717, 1.165) is 32.5 Å². The first-order valence-corrected chi connectivity index (χ1v) is 11.6. The maximum absolute atomic E-state index is 13.3. The topological polar surface area (TPSA) is 51.2 Å². The lowest BCUT2D eigenvalue weighted by Crippen LogP contribution is -2.30. The molecule has 0 aliphatic carbocycles. The molecule has 0 radical (unpaired) electrons. The Kier molecular flexibility index (Phi) is 6.74. The zero-order chi connectivity index (χ0) is 21.6. The number of hydrogen-bond acceptors (Lipinski definition) is 5. The second kappa shape index (κ2) is 9.85. The molecule has 4 aromatic rings. The van der Waals surface area contributed by atoms with Crippen LogP contribution < -0.4 is 10.1 Å². The van der Waals surface area contributed by atoms with Gasteiger partial charge in [-0.2, -0.15) is 0 Å². The van der Waals surface area contributed by atoms with Crippen molar-refractivity contribution in [1.29, 1.82) is 0 Å². The van der Waals surface area contributed by atoms with E-state index in [-0.39, 0.29) is 24.2 Å². The van der Waals surface area contributed by atoms with E-state index >= 15 is 0 Å². The average Bonchev–Trinajstić information content (AvgIpc) is 3.46. The van der Waals surface area contributed by atoms with Crippen molar-refractivity contribution in [3.63, 3.8) is 0 Å². The minimum absolute atomic E-state index is 0.133. The quantitative estimate of drug-likeness (QED) is 0.364. The molecule has 0 fully saturated rings. The second-order valence-corrected chi connectivity index (χ2v) is 8.68. The number of aromatic nitrogens is 1. The molecule has 2 aromatic carbocycles. The number of nitrogens with one attached hydrogen (secondary N) is 1. The summed E-state index contributed by atoms with van der Waals surface area (Å²) in [5.41, 5.74) is 2.55. The van der Waals surface area contributed by atoms with E-state index in [4.69, 9.17) is 4.74 Å². The maximum Gasteiger partial charge on any atom is 0.226 e. The van der Waals surface area contributed by atoms with Crippen LogP contribution in [0.1, 0.15) is 29.1 Å². The predicted molar refractivity (Wildman–Crippen MR) is 123 cm³/mol. The third-order valence-corrected chi connectivity index (χ3v) is 6.52. The molecule has 4 nitrogen and oxygen atoms in total. The zero-order valence-corrected chi connectivity index (χ0v) is 18.5. The minimum atomic E-state index is -0.322. The Bertz CT molecular complexity index is 1120. The van der Waals surface area contributed by atoms with Crippen LogP contribution in [0.3, 0.4) is 0 Å². The summed E-state index contributed by atoms with van der Waals surface area (Å²) in [5, 5.41) is 7.80. The highest BCUT2D eigenvalue weighted by Gasteiger charge is 2.19. The standard InChI is InChI=1S/C24H21FN2O2S2/c1-2-29-20-11-7-17(8-12-20)24-26-19(15-31-24)14-22(28)27-23(21-4-3-13-30-21)16-5-9-18(25)10-6-16/h3-13,15,23H,2,14H2,1H3,(H,27,28). The van der Waals surface area contributed by atoms with Gasteiger partial charge in [-0.3, -0.25) is 4.79 Å². The first kappa shape index (κ1) is 21.2. The fraction of sp³-hybridized carbons (Fsp3) is 0.167. The summed E-state index contributed by atoms with van der Waals surface area (Å²) in [6.45, 7) is 2.57. The van der Waals surface area contributed by atoms with Gasteiger partial charge in [0, 0.05) is 15.8 Å². The van der Waals surface area contributed by atoms with Crippen molar-refractivity contribution in [3.05, 3.63) is 93.4 Å². The molecule has 0 bridgehead atoms. The van der Waals surface area contributed by atoms with Crippen molar-refractivity contribution < 1.29 is 13.9 Å². The number of rotatable bonds is 8. The number of benzene rings is 2. The van der Waals surface area contributed by atoms with E-state index in [2.05, 4.69) is 10.3 Å². The van der Waals surface area contributed by atoms with Crippen LogP contribution in [0.25, 0.3) is 10.6 Å². The van der Waals surface area contributed by atoms with Crippen molar-refractivity contribution in [2.24, 2.45) is 0 Å². The summed E-state index contributed by atoms with van der Waals surface area (Å²) in [4.78, 5) is 18.4. The number of thiophene rings is 1. The van der Waals surface area contributed by atoms with Crippen molar-refractivity contribution in [2.75, 3.05) is 6.61 Å². The lowest BCUT2D eigenvalue weighted by Gasteiger charge is -2.18. The second-order valence-electron chi connectivity index (χ2n) is 6.85. The fourth-order valence-electron chi connectivity index (χ4n) is 3.19. The van der Waals surface area contributed by atoms with Crippen molar-refractivity contribution in [3.8, 4) is 16.3 Å². The van der Waals surface area contributed by atoms with Gasteiger partial charge in [0.15, 0.2) is 0 Å². The molecule has 0 spiro atoms. The fourth-order valence-corrected chi connectivity index (χ4v) is 4.82. The first-order chi connectivity index (χ1) is 15.1. The van der Waals surface area contributed by atoms with Gasteiger partial charge in [0.2, 0.25) is 5.91 Å². The van der Waals surface area contributed by atoms with Gasteiger partial charge in [-0.25, -0.2) is 9.37 Å². The molecule has 2 heterocycles. The van der Waals surface area contributed by atoms with Gasteiger partial charge in [-0.05, 0) is 60.3 Å². The first-order valence-electron chi connectivity index (χ1n) is 9.88. The highest BCUT2D eigenvalue weighted by atomic mass is 32.1. The van der Waals surface area contributed by atoms with Gasteiger partial charge < -0.3 is 10.1 Å². The van der Waals surface area contributed by atoms with Crippen molar-refractivity contribution in [1.82, 2.24) is 10.3 Å². The zero-order valence-electron chi connectivity index (χ0n) is 16.9. The normalized spacial score (nSPS) is 11.8. The van der Waals surface area contributed by atoms with Crippen LogP contribution >= 0.6 is 22.7 Å². The molecule has 1 N–H and O–H groups in total. The number of nitrogens with zero attached hydrogens (tertiary/aromatic N) is 1. The molecular weight excluding hydrogens is 431 g/mol. The Balaban J connectivity index is 1.45. The van der Waals surface area contributed by atoms with E-state index in [9.17, 15) is 9.18 Å². The van der Waals surface area contributed by atoms with E-state index in [1.165, 1.54) is 23.5 Å². The molecule has 0 aliphatic rings. The molecular formula is C24H21FN2O2S2. The van der Waals surface area contributed by atoms with Gasteiger partial charge in [-0.1, -0.05) is 18.2 Å². The molecule has 0 aliphatic heterocycles. The van der Waals surface area contributed by atoms with E-state index in [1.807, 2.05) is 54.1 Å². The monoisotopic (exact) mass is 452 g/mol. The number of halogens is 1. The van der Waals surface area contributed by atoms with Gasteiger partial charge in [0.25, 0.3) is 0 Å². The highest BCUT2D eigenvalue weighted by Crippen LogP contribution is 2.28.